The number of thiazole rings is 1. The third-order valence-electron chi connectivity index (χ3n) is 3.98. The highest BCUT2D eigenvalue weighted by atomic mass is 32.1. The Labute approximate surface area is 154 Å². The van der Waals surface area contributed by atoms with E-state index in [-0.39, 0.29) is 5.56 Å². The Kier molecular flexibility index (Phi) is 4.26. The van der Waals surface area contributed by atoms with Crippen LogP contribution in [0.4, 0.5) is 0 Å². The maximum Gasteiger partial charge on any atom is 0.291 e. The topological polar surface area (TPSA) is 56.5 Å². The molecule has 0 saturated carbocycles. The van der Waals surface area contributed by atoms with E-state index in [9.17, 15) is 4.79 Å². The van der Waals surface area contributed by atoms with Crippen molar-refractivity contribution in [3.8, 4) is 17.1 Å². The molecule has 2 aromatic carbocycles. The first-order chi connectivity index (χ1) is 12.6. The minimum atomic E-state index is -0.148. The Morgan fingerprint density at radius 1 is 1.12 bits per heavy atom. The van der Waals surface area contributed by atoms with Crippen molar-refractivity contribution in [2.24, 2.45) is 0 Å². The molecule has 0 radical (unpaired) electrons. The molecule has 0 N–H and O–H groups in total. The fourth-order valence-electron chi connectivity index (χ4n) is 2.64. The van der Waals surface area contributed by atoms with E-state index in [1.165, 1.54) is 21.4 Å². The Hall–Kier alpha value is -2.99. The maximum atomic E-state index is 12.6. The fourth-order valence-corrected chi connectivity index (χ4v) is 3.54. The molecule has 0 aliphatic carbocycles. The van der Waals surface area contributed by atoms with Gasteiger partial charge in [0.2, 0.25) is 4.96 Å². The first-order valence-electron chi connectivity index (χ1n) is 8.35. The summed E-state index contributed by atoms with van der Waals surface area (Å²) in [5, 5.41) is 4.38. The summed E-state index contributed by atoms with van der Waals surface area (Å²) < 4.78 is 7.42. The lowest BCUT2D eigenvalue weighted by Crippen LogP contribution is -2.23. The number of fused-ring (bicyclic) bond motifs is 1. The number of hydrogen-bond acceptors (Lipinski definition) is 5. The molecule has 0 atom stereocenters. The lowest BCUT2D eigenvalue weighted by molar-refractivity contribution is 0.340. The van der Waals surface area contributed by atoms with Gasteiger partial charge in [-0.15, -0.1) is 5.10 Å². The largest absolute Gasteiger partial charge is 0.494 e. The number of aromatic nitrogens is 3. The molecule has 26 heavy (non-hydrogen) atoms. The zero-order chi connectivity index (χ0) is 18.1. The molecular weight excluding hydrogens is 346 g/mol. The van der Waals surface area contributed by atoms with E-state index < -0.39 is 0 Å². The summed E-state index contributed by atoms with van der Waals surface area (Å²) in [6.45, 7) is 4.61. The highest BCUT2D eigenvalue weighted by Crippen LogP contribution is 2.17. The first-order valence-corrected chi connectivity index (χ1v) is 9.17. The summed E-state index contributed by atoms with van der Waals surface area (Å²) >= 11 is 1.34. The van der Waals surface area contributed by atoms with Gasteiger partial charge in [-0.3, -0.25) is 4.79 Å². The number of hydrogen-bond donors (Lipinski definition) is 0. The third-order valence-corrected chi connectivity index (χ3v) is 4.94. The molecule has 130 valence electrons. The van der Waals surface area contributed by atoms with Crippen molar-refractivity contribution in [3.05, 3.63) is 74.5 Å². The normalized spacial score (nSPS) is 12.0. The molecule has 0 amide bonds. The van der Waals surface area contributed by atoms with E-state index in [4.69, 9.17) is 4.74 Å². The van der Waals surface area contributed by atoms with Crippen LogP contribution in [0.5, 0.6) is 5.75 Å². The second-order valence-corrected chi connectivity index (χ2v) is 6.92. The molecular formula is C20H17N3O2S. The number of nitrogens with zero attached hydrogens (tertiary/aromatic N) is 3. The van der Waals surface area contributed by atoms with Gasteiger partial charge in [0, 0.05) is 5.56 Å². The van der Waals surface area contributed by atoms with Crippen molar-refractivity contribution < 1.29 is 4.74 Å². The zero-order valence-electron chi connectivity index (χ0n) is 14.5. The molecule has 2 heterocycles. The van der Waals surface area contributed by atoms with Gasteiger partial charge in [0.15, 0.2) is 5.82 Å². The summed E-state index contributed by atoms with van der Waals surface area (Å²) in [6, 6.07) is 15.6. The standard InChI is InChI=1S/C20H17N3O2S/c1-3-25-16-10-6-14(7-11-16)12-17-19(24)23-20(26-17)21-18(22-23)15-8-4-13(2)5-9-15/h4-12H,3H2,1-2H3/b17-12-. The van der Waals surface area contributed by atoms with Crippen molar-refractivity contribution >= 4 is 22.4 Å². The second-order valence-electron chi connectivity index (χ2n) is 5.91. The smallest absolute Gasteiger partial charge is 0.291 e. The molecule has 2 aromatic heterocycles. The Morgan fingerprint density at radius 3 is 2.50 bits per heavy atom. The quantitative estimate of drug-likeness (QED) is 0.559. The molecule has 0 fully saturated rings. The predicted molar refractivity (Wildman–Crippen MR) is 104 cm³/mol. The molecule has 0 bridgehead atoms. The number of ether oxygens (including phenoxy) is 1. The van der Waals surface area contributed by atoms with Gasteiger partial charge >= 0.3 is 0 Å². The molecule has 4 rings (SSSR count). The zero-order valence-corrected chi connectivity index (χ0v) is 15.3. The van der Waals surface area contributed by atoms with Gasteiger partial charge in [-0.2, -0.15) is 9.50 Å². The van der Waals surface area contributed by atoms with Crippen LogP contribution >= 0.6 is 11.3 Å². The van der Waals surface area contributed by atoms with Gasteiger partial charge in [-0.25, -0.2) is 0 Å². The van der Waals surface area contributed by atoms with Crippen LogP contribution in [0.1, 0.15) is 18.1 Å². The van der Waals surface area contributed by atoms with E-state index in [2.05, 4.69) is 10.1 Å². The Morgan fingerprint density at radius 2 is 1.85 bits per heavy atom. The van der Waals surface area contributed by atoms with Crippen LogP contribution in [-0.4, -0.2) is 21.2 Å². The molecule has 6 heteroatoms. The molecule has 0 saturated heterocycles. The average molecular weight is 363 g/mol. The number of rotatable bonds is 4. The average Bonchev–Trinajstić information content (AvgIpc) is 3.18. The number of benzene rings is 2. The van der Waals surface area contributed by atoms with Gasteiger partial charge in [0.25, 0.3) is 5.56 Å². The van der Waals surface area contributed by atoms with Crippen LogP contribution in [0, 0.1) is 6.92 Å². The van der Waals surface area contributed by atoms with Crippen molar-refractivity contribution in [1.29, 1.82) is 0 Å². The van der Waals surface area contributed by atoms with Crippen molar-refractivity contribution in [3.63, 3.8) is 0 Å². The molecule has 5 nitrogen and oxygen atoms in total. The van der Waals surface area contributed by atoms with Crippen LogP contribution in [0.2, 0.25) is 0 Å². The van der Waals surface area contributed by atoms with Crippen LogP contribution < -0.4 is 14.8 Å². The summed E-state index contributed by atoms with van der Waals surface area (Å²) in [5.41, 5.74) is 2.87. The first kappa shape index (κ1) is 16.5. The van der Waals surface area contributed by atoms with Gasteiger partial charge in [0.05, 0.1) is 11.1 Å². The summed E-state index contributed by atoms with van der Waals surface area (Å²) in [6.07, 6.45) is 1.85. The van der Waals surface area contributed by atoms with Crippen LogP contribution in [0.15, 0.2) is 53.3 Å². The van der Waals surface area contributed by atoms with Gasteiger partial charge in [-0.05, 0) is 37.6 Å². The molecule has 0 aliphatic heterocycles. The summed E-state index contributed by atoms with van der Waals surface area (Å²) in [5.74, 6) is 1.39. The van der Waals surface area contributed by atoms with Crippen molar-refractivity contribution in [2.75, 3.05) is 6.61 Å². The molecule has 4 aromatic rings. The highest BCUT2D eigenvalue weighted by Gasteiger charge is 2.11. The van der Waals surface area contributed by atoms with Gasteiger partial charge in [-0.1, -0.05) is 53.3 Å². The monoisotopic (exact) mass is 363 g/mol. The van der Waals surface area contributed by atoms with Crippen LogP contribution in [-0.2, 0) is 0 Å². The predicted octanol–water partition coefficient (Wildman–Crippen LogP) is 3.07. The van der Waals surface area contributed by atoms with E-state index in [0.29, 0.717) is 21.9 Å². The summed E-state index contributed by atoms with van der Waals surface area (Å²) in [4.78, 5) is 17.7. The lowest BCUT2D eigenvalue weighted by atomic mass is 10.1. The minimum absolute atomic E-state index is 0.148. The molecule has 0 unspecified atom stereocenters. The van der Waals surface area contributed by atoms with E-state index in [0.717, 1.165) is 16.9 Å². The van der Waals surface area contributed by atoms with E-state index in [1.54, 1.807) is 0 Å². The minimum Gasteiger partial charge on any atom is -0.494 e. The van der Waals surface area contributed by atoms with Crippen molar-refractivity contribution in [1.82, 2.24) is 14.6 Å². The third kappa shape index (κ3) is 3.11. The Balaban J connectivity index is 1.71. The fraction of sp³-hybridized carbons (Fsp3) is 0.150. The second kappa shape index (κ2) is 6.72. The van der Waals surface area contributed by atoms with Gasteiger partial charge in [0.1, 0.15) is 5.75 Å². The van der Waals surface area contributed by atoms with Crippen LogP contribution in [0.25, 0.3) is 22.4 Å². The van der Waals surface area contributed by atoms with E-state index in [1.807, 2.05) is 68.5 Å². The Bertz CT molecular complexity index is 1160. The SMILES string of the molecule is CCOc1ccc(/C=c2\sc3nc(-c4ccc(C)cc4)nn3c2=O)cc1. The maximum absolute atomic E-state index is 12.6. The summed E-state index contributed by atoms with van der Waals surface area (Å²) in [7, 11) is 0. The molecule has 0 aliphatic rings. The highest BCUT2D eigenvalue weighted by molar-refractivity contribution is 7.15. The molecule has 0 spiro atoms. The van der Waals surface area contributed by atoms with Gasteiger partial charge < -0.3 is 4.74 Å². The van der Waals surface area contributed by atoms with Crippen molar-refractivity contribution in [2.45, 2.75) is 13.8 Å². The van der Waals surface area contributed by atoms with Crippen LogP contribution in [0.3, 0.4) is 0 Å². The lowest BCUT2D eigenvalue weighted by Gasteiger charge is -2.01. The van der Waals surface area contributed by atoms with E-state index >= 15 is 0 Å². The number of aryl methyl sites for hydroxylation is 1.